The van der Waals surface area contributed by atoms with E-state index in [1.165, 1.54) is 13.0 Å². The molecule has 0 spiro atoms. The van der Waals surface area contributed by atoms with Gasteiger partial charge in [0.05, 0.1) is 16.3 Å². The molecule has 0 saturated heterocycles. The Labute approximate surface area is 150 Å². The fraction of sp³-hybridized carbons (Fsp3) is 0.222. The zero-order valence-corrected chi connectivity index (χ0v) is 15.0. The summed E-state index contributed by atoms with van der Waals surface area (Å²) in [5.41, 5.74) is 2.58. The van der Waals surface area contributed by atoms with Crippen molar-refractivity contribution in [3.8, 4) is 0 Å². The molecule has 126 valence electrons. The lowest BCUT2D eigenvalue weighted by molar-refractivity contribution is -0.123. The van der Waals surface area contributed by atoms with Gasteiger partial charge in [-0.2, -0.15) is 0 Å². The fourth-order valence-corrected chi connectivity index (χ4v) is 2.51. The summed E-state index contributed by atoms with van der Waals surface area (Å²) in [4.78, 5) is 24.4. The highest BCUT2D eigenvalue weighted by Crippen LogP contribution is 2.25. The third-order valence-corrected chi connectivity index (χ3v) is 4.00. The van der Waals surface area contributed by atoms with E-state index in [9.17, 15) is 9.59 Å². The minimum atomic E-state index is -0.968. The maximum absolute atomic E-state index is 12.3. The number of rotatable bonds is 4. The van der Waals surface area contributed by atoms with Crippen LogP contribution in [0.15, 0.2) is 36.4 Å². The molecule has 0 fully saturated rings. The molecule has 4 nitrogen and oxygen atoms in total. The van der Waals surface area contributed by atoms with Crippen molar-refractivity contribution in [3.63, 3.8) is 0 Å². The fourth-order valence-electron chi connectivity index (χ4n) is 2.06. The highest BCUT2D eigenvalue weighted by Gasteiger charge is 2.21. The number of aryl methyl sites for hydroxylation is 2. The second-order valence-electron chi connectivity index (χ2n) is 5.48. The van der Waals surface area contributed by atoms with Crippen molar-refractivity contribution in [3.05, 3.63) is 63.1 Å². The molecule has 0 unspecified atom stereocenters. The van der Waals surface area contributed by atoms with Gasteiger partial charge in [0, 0.05) is 5.02 Å². The Morgan fingerprint density at radius 2 is 1.79 bits per heavy atom. The van der Waals surface area contributed by atoms with Gasteiger partial charge in [0.2, 0.25) is 0 Å². The van der Waals surface area contributed by atoms with E-state index < -0.39 is 18.0 Å². The number of halogens is 2. The van der Waals surface area contributed by atoms with E-state index in [1.54, 1.807) is 18.2 Å². The summed E-state index contributed by atoms with van der Waals surface area (Å²) in [6.45, 7) is 5.20. The van der Waals surface area contributed by atoms with Gasteiger partial charge < -0.3 is 10.1 Å². The number of carbonyl (C=O) groups is 2. The smallest absolute Gasteiger partial charge is 0.339 e. The zero-order chi connectivity index (χ0) is 17.9. The number of hydrogen-bond acceptors (Lipinski definition) is 3. The summed E-state index contributed by atoms with van der Waals surface area (Å²) < 4.78 is 5.25. The summed E-state index contributed by atoms with van der Waals surface area (Å²) in [6.07, 6.45) is -0.968. The molecule has 0 bridgehead atoms. The SMILES string of the molecule is Cc1ccc(C)c(C(=O)O[C@H](C)C(=O)Nc2ccc(Cl)cc2Cl)c1. The molecule has 2 aromatic rings. The van der Waals surface area contributed by atoms with Gasteiger partial charge in [-0.3, -0.25) is 4.79 Å². The maximum Gasteiger partial charge on any atom is 0.339 e. The van der Waals surface area contributed by atoms with Crippen LogP contribution in [-0.4, -0.2) is 18.0 Å². The average molecular weight is 366 g/mol. The minimum Gasteiger partial charge on any atom is -0.449 e. The molecule has 6 heteroatoms. The van der Waals surface area contributed by atoms with Crippen LogP contribution in [0.3, 0.4) is 0 Å². The molecule has 2 aromatic carbocycles. The monoisotopic (exact) mass is 365 g/mol. The number of hydrogen-bond donors (Lipinski definition) is 1. The van der Waals surface area contributed by atoms with E-state index in [2.05, 4.69) is 5.32 Å². The number of benzene rings is 2. The summed E-state index contributed by atoms with van der Waals surface area (Å²) in [7, 11) is 0. The van der Waals surface area contributed by atoms with E-state index in [-0.39, 0.29) is 0 Å². The van der Waals surface area contributed by atoms with Crippen molar-refractivity contribution in [2.75, 3.05) is 5.32 Å². The van der Waals surface area contributed by atoms with Crippen LogP contribution in [0.25, 0.3) is 0 Å². The first-order chi connectivity index (χ1) is 11.3. The standard InChI is InChI=1S/C18H17Cl2NO3/c1-10-4-5-11(2)14(8-10)18(23)24-12(3)17(22)21-16-7-6-13(19)9-15(16)20/h4-9,12H,1-3H3,(H,21,22)/t12-/m1/s1. The second kappa shape index (κ2) is 7.69. The number of esters is 1. The van der Waals surface area contributed by atoms with Gasteiger partial charge in [0.25, 0.3) is 5.91 Å². The van der Waals surface area contributed by atoms with Gasteiger partial charge in [0.15, 0.2) is 6.10 Å². The van der Waals surface area contributed by atoms with E-state index in [1.807, 2.05) is 26.0 Å². The Balaban J connectivity index is 2.05. The van der Waals surface area contributed by atoms with Crippen molar-refractivity contribution in [2.45, 2.75) is 26.9 Å². The zero-order valence-electron chi connectivity index (χ0n) is 13.5. The number of anilines is 1. The van der Waals surface area contributed by atoms with E-state index in [0.717, 1.165) is 11.1 Å². The first-order valence-corrected chi connectivity index (χ1v) is 8.07. The number of amides is 1. The van der Waals surface area contributed by atoms with Crippen LogP contribution < -0.4 is 5.32 Å². The minimum absolute atomic E-state index is 0.309. The lowest BCUT2D eigenvalue weighted by atomic mass is 10.1. The Hall–Kier alpha value is -2.04. The normalized spacial score (nSPS) is 11.7. The summed E-state index contributed by atoms with van der Waals surface area (Å²) in [5.74, 6) is -1.01. The molecular weight excluding hydrogens is 349 g/mol. The Kier molecular flexibility index (Phi) is 5.86. The number of carbonyl (C=O) groups excluding carboxylic acids is 2. The van der Waals surface area contributed by atoms with Crippen molar-refractivity contribution in [1.82, 2.24) is 0 Å². The average Bonchev–Trinajstić information content (AvgIpc) is 2.52. The molecule has 0 aliphatic rings. The Morgan fingerprint density at radius 1 is 1.08 bits per heavy atom. The van der Waals surface area contributed by atoms with Crippen LogP contribution in [0.4, 0.5) is 5.69 Å². The topological polar surface area (TPSA) is 55.4 Å². The van der Waals surface area contributed by atoms with Crippen molar-refractivity contribution >= 4 is 40.8 Å². The van der Waals surface area contributed by atoms with E-state index in [4.69, 9.17) is 27.9 Å². The molecule has 0 saturated carbocycles. The van der Waals surface area contributed by atoms with E-state index >= 15 is 0 Å². The first kappa shape index (κ1) is 18.3. The first-order valence-electron chi connectivity index (χ1n) is 7.32. The van der Waals surface area contributed by atoms with Gasteiger partial charge >= 0.3 is 5.97 Å². The van der Waals surface area contributed by atoms with E-state index in [0.29, 0.717) is 21.3 Å². The molecule has 24 heavy (non-hydrogen) atoms. The molecule has 1 amide bonds. The molecule has 0 aliphatic heterocycles. The van der Waals surface area contributed by atoms with Crippen LogP contribution in [0.2, 0.25) is 10.0 Å². The molecule has 0 aromatic heterocycles. The lowest BCUT2D eigenvalue weighted by Gasteiger charge is -2.15. The van der Waals surface area contributed by atoms with Crippen molar-refractivity contribution < 1.29 is 14.3 Å². The number of ether oxygens (including phenoxy) is 1. The molecule has 0 radical (unpaired) electrons. The van der Waals surface area contributed by atoms with Gasteiger partial charge in [-0.25, -0.2) is 4.79 Å². The second-order valence-corrected chi connectivity index (χ2v) is 6.32. The van der Waals surface area contributed by atoms with Crippen LogP contribution in [0.1, 0.15) is 28.4 Å². The van der Waals surface area contributed by atoms with Gasteiger partial charge in [-0.1, -0.05) is 40.9 Å². The molecule has 1 atom stereocenters. The summed E-state index contributed by atoms with van der Waals surface area (Å²) in [6, 6.07) is 10.2. The quantitative estimate of drug-likeness (QED) is 0.792. The molecule has 2 rings (SSSR count). The third kappa shape index (κ3) is 4.49. The van der Waals surface area contributed by atoms with Gasteiger partial charge in [-0.05, 0) is 50.6 Å². The largest absolute Gasteiger partial charge is 0.449 e. The molecule has 0 aliphatic carbocycles. The molecular formula is C18H17Cl2NO3. The van der Waals surface area contributed by atoms with Crippen LogP contribution in [0, 0.1) is 13.8 Å². The van der Waals surface area contributed by atoms with Crippen LogP contribution in [-0.2, 0) is 9.53 Å². The Morgan fingerprint density at radius 3 is 2.46 bits per heavy atom. The summed E-state index contributed by atoms with van der Waals surface area (Å²) in [5, 5.41) is 3.39. The van der Waals surface area contributed by atoms with Crippen LogP contribution in [0.5, 0.6) is 0 Å². The predicted octanol–water partition coefficient (Wildman–Crippen LogP) is 4.79. The highest BCUT2D eigenvalue weighted by molar-refractivity contribution is 6.36. The molecule has 0 heterocycles. The number of nitrogens with one attached hydrogen (secondary N) is 1. The highest BCUT2D eigenvalue weighted by atomic mass is 35.5. The van der Waals surface area contributed by atoms with Gasteiger partial charge in [0.1, 0.15) is 0 Å². The maximum atomic E-state index is 12.3. The third-order valence-electron chi connectivity index (χ3n) is 3.46. The van der Waals surface area contributed by atoms with Gasteiger partial charge in [-0.15, -0.1) is 0 Å². The Bertz CT molecular complexity index is 790. The molecule has 1 N–H and O–H groups in total. The van der Waals surface area contributed by atoms with Crippen LogP contribution >= 0.6 is 23.2 Å². The predicted molar refractivity (Wildman–Crippen MR) is 95.9 cm³/mol. The van der Waals surface area contributed by atoms with Crippen molar-refractivity contribution in [2.24, 2.45) is 0 Å². The summed E-state index contributed by atoms with van der Waals surface area (Å²) >= 11 is 11.8. The van der Waals surface area contributed by atoms with Crippen molar-refractivity contribution in [1.29, 1.82) is 0 Å². The lowest BCUT2D eigenvalue weighted by Crippen LogP contribution is -2.30.